The van der Waals surface area contributed by atoms with E-state index in [1.807, 2.05) is 0 Å². The highest BCUT2D eigenvalue weighted by molar-refractivity contribution is 7.87. The second-order valence-corrected chi connectivity index (χ2v) is 5.09. The first kappa shape index (κ1) is 12.0. The summed E-state index contributed by atoms with van der Waals surface area (Å²) in [4.78, 5) is 0. The van der Waals surface area contributed by atoms with Crippen LogP contribution < -0.4 is 4.74 Å². The van der Waals surface area contributed by atoms with Gasteiger partial charge in [-0.05, 0) is 31.0 Å². The Morgan fingerprint density at radius 2 is 1.87 bits per heavy atom. The highest BCUT2D eigenvalue weighted by Crippen LogP contribution is 2.15. The third-order valence-electron chi connectivity index (χ3n) is 2.16. The van der Waals surface area contributed by atoms with Crippen LogP contribution in [-0.4, -0.2) is 20.8 Å². The van der Waals surface area contributed by atoms with Gasteiger partial charge in [-0.2, -0.15) is 8.42 Å². The molecule has 0 heterocycles. The minimum atomic E-state index is -4.45. The summed E-state index contributed by atoms with van der Waals surface area (Å²) in [5.41, 5.74) is 0.768. The Balaban J connectivity index is 2.74. The van der Waals surface area contributed by atoms with Crippen molar-refractivity contribution in [3.63, 3.8) is 0 Å². The molecule has 0 aromatic heterocycles. The van der Waals surface area contributed by atoms with Gasteiger partial charge in [-0.15, -0.1) is 3.89 Å². The van der Waals surface area contributed by atoms with Gasteiger partial charge in [0.25, 0.3) is 0 Å². The first-order valence-electron chi connectivity index (χ1n) is 4.50. The molecule has 1 aromatic rings. The van der Waals surface area contributed by atoms with Gasteiger partial charge < -0.3 is 4.74 Å². The zero-order valence-corrected chi connectivity index (χ0v) is 9.42. The Bertz CT molecular complexity index is 411. The van der Waals surface area contributed by atoms with Crippen molar-refractivity contribution in [2.75, 3.05) is 7.11 Å². The lowest BCUT2D eigenvalue weighted by Crippen LogP contribution is -2.15. The van der Waals surface area contributed by atoms with Gasteiger partial charge >= 0.3 is 10.2 Å². The molecule has 3 nitrogen and oxygen atoms in total. The van der Waals surface area contributed by atoms with Crippen LogP contribution in [-0.2, 0) is 16.6 Å². The van der Waals surface area contributed by atoms with E-state index in [2.05, 4.69) is 0 Å². The van der Waals surface area contributed by atoms with Gasteiger partial charge in [0.05, 0.1) is 12.4 Å². The van der Waals surface area contributed by atoms with Crippen molar-refractivity contribution in [2.45, 2.75) is 18.6 Å². The Labute approximate surface area is 89.1 Å². The molecule has 1 aromatic carbocycles. The standard InChI is InChI=1S/C10H13FO3S/c1-8(15(11,12)13)7-9-3-5-10(14-2)6-4-9/h3-6,8H,7H2,1-2H3. The van der Waals surface area contributed by atoms with Gasteiger partial charge in [0, 0.05) is 0 Å². The number of hydrogen-bond donors (Lipinski definition) is 0. The Kier molecular flexibility index (Phi) is 3.68. The molecule has 1 atom stereocenters. The maximum Gasteiger partial charge on any atom is 0.305 e. The summed E-state index contributed by atoms with van der Waals surface area (Å²) in [6.45, 7) is 1.35. The lowest BCUT2D eigenvalue weighted by atomic mass is 10.1. The molecule has 1 rings (SSSR count). The molecular formula is C10H13FO3S. The van der Waals surface area contributed by atoms with Crippen molar-refractivity contribution in [3.05, 3.63) is 29.8 Å². The lowest BCUT2D eigenvalue weighted by molar-refractivity contribution is 0.414. The number of hydrogen-bond acceptors (Lipinski definition) is 3. The molecule has 0 radical (unpaired) electrons. The summed E-state index contributed by atoms with van der Waals surface area (Å²) in [6.07, 6.45) is 0.169. The third kappa shape index (κ3) is 3.51. The number of methoxy groups -OCH3 is 1. The van der Waals surface area contributed by atoms with Crippen molar-refractivity contribution < 1.29 is 17.0 Å². The van der Waals surface area contributed by atoms with Crippen molar-refractivity contribution in [1.82, 2.24) is 0 Å². The highest BCUT2D eigenvalue weighted by Gasteiger charge is 2.19. The van der Waals surface area contributed by atoms with Crippen LogP contribution in [0, 0.1) is 0 Å². The number of rotatable bonds is 4. The molecule has 0 aliphatic heterocycles. The van der Waals surface area contributed by atoms with Gasteiger partial charge in [0.15, 0.2) is 0 Å². The maximum absolute atomic E-state index is 12.6. The van der Waals surface area contributed by atoms with Crippen molar-refractivity contribution in [1.29, 1.82) is 0 Å². The van der Waals surface area contributed by atoms with Crippen LogP contribution in [0.4, 0.5) is 3.89 Å². The number of ether oxygens (including phenoxy) is 1. The van der Waals surface area contributed by atoms with Crippen molar-refractivity contribution in [3.8, 4) is 5.75 Å². The summed E-state index contributed by atoms with van der Waals surface area (Å²) >= 11 is 0. The largest absolute Gasteiger partial charge is 0.497 e. The normalized spacial score (nSPS) is 13.5. The minimum absolute atomic E-state index is 0.169. The molecular weight excluding hydrogens is 219 g/mol. The molecule has 0 saturated heterocycles. The first-order chi connectivity index (χ1) is 6.93. The van der Waals surface area contributed by atoms with Gasteiger partial charge in [-0.1, -0.05) is 12.1 Å². The highest BCUT2D eigenvalue weighted by atomic mass is 32.3. The van der Waals surface area contributed by atoms with Crippen molar-refractivity contribution >= 4 is 10.2 Å². The Morgan fingerprint density at radius 3 is 2.27 bits per heavy atom. The summed E-state index contributed by atoms with van der Waals surface area (Å²) in [5, 5.41) is -1.01. The monoisotopic (exact) mass is 232 g/mol. The topological polar surface area (TPSA) is 43.4 Å². The van der Waals surface area contributed by atoms with Gasteiger partial charge in [0.1, 0.15) is 5.75 Å². The zero-order chi connectivity index (χ0) is 11.5. The summed E-state index contributed by atoms with van der Waals surface area (Å²) < 4.78 is 38.6. The Morgan fingerprint density at radius 1 is 1.33 bits per heavy atom. The van der Waals surface area contributed by atoms with Crippen LogP contribution in [0.15, 0.2) is 24.3 Å². The van der Waals surface area contributed by atoms with E-state index in [1.165, 1.54) is 6.92 Å². The van der Waals surface area contributed by atoms with E-state index in [9.17, 15) is 12.3 Å². The van der Waals surface area contributed by atoms with Crippen LogP contribution in [0.5, 0.6) is 5.75 Å². The van der Waals surface area contributed by atoms with E-state index in [4.69, 9.17) is 4.74 Å². The van der Waals surface area contributed by atoms with E-state index >= 15 is 0 Å². The fourth-order valence-corrected chi connectivity index (χ4v) is 1.58. The molecule has 1 unspecified atom stereocenters. The van der Waals surface area contributed by atoms with E-state index in [0.717, 1.165) is 5.56 Å². The fourth-order valence-electron chi connectivity index (χ4n) is 1.19. The zero-order valence-electron chi connectivity index (χ0n) is 8.60. The fraction of sp³-hybridized carbons (Fsp3) is 0.400. The van der Waals surface area contributed by atoms with Gasteiger partial charge in [0.2, 0.25) is 0 Å². The lowest BCUT2D eigenvalue weighted by Gasteiger charge is -2.07. The predicted octanol–water partition coefficient (Wildman–Crippen LogP) is 1.93. The van der Waals surface area contributed by atoms with E-state index in [-0.39, 0.29) is 6.42 Å². The number of halogens is 1. The van der Waals surface area contributed by atoms with Gasteiger partial charge in [-0.3, -0.25) is 0 Å². The molecule has 0 amide bonds. The van der Waals surface area contributed by atoms with Crippen LogP contribution in [0.3, 0.4) is 0 Å². The average Bonchev–Trinajstić information content (AvgIpc) is 2.17. The Hall–Kier alpha value is -1.10. The van der Waals surface area contributed by atoms with Crippen LogP contribution in [0.1, 0.15) is 12.5 Å². The molecule has 15 heavy (non-hydrogen) atoms. The van der Waals surface area contributed by atoms with Gasteiger partial charge in [-0.25, -0.2) is 0 Å². The molecule has 0 aliphatic carbocycles. The molecule has 0 fully saturated rings. The molecule has 0 N–H and O–H groups in total. The quantitative estimate of drug-likeness (QED) is 0.745. The first-order valence-corrected chi connectivity index (χ1v) is 5.94. The van der Waals surface area contributed by atoms with Crippen LogP contribution >= 0.6 is 0 Å². The maximum atomic E-state index is 12.6. The second kappa shape index (κ2) is 4.61. The summed E-state index contributed by atoms with van der Waals surface area (Å²) in [7, 11) is -2.90. The van der Waals surface area contributed by atoms with Crippen LogP contribution in [0.25, 0.3) is 0 Å². The predicted molar refractivity (Wildman–Crippen MR) is 56.2 cm³/mol. The molecule has 0 saturated carbocycles. The average molecular weight is 232 g/mol. The molecule has 0 aliphatic rings. The molecule has 0 spiro atoms. The minimum Gasteiger partial charge on any atom is -0.497 e. The molecule has 5 heteroatoms. The SMILES string of the molecule is COc1ccc(CC(C)S(=O)(=O)F)cc1. The smallest absolute Gasteiger partial charge is 0.305 e. The third-order valence-corrected chi connectivity index (χ3v) is 3.29. The van der Waals surface area contributed by atoms with E-state index in [0.29, 0.717) is 5.75 Å². The molecule has 84 valence electrons. The van der Waals surface area contributed by atoms with E-state index < -0.39 is 15.5 Å². The van der Waals surface area contributed by atoms with Crippen molar-refractivity contribution in [2.24, 2.45) is 0 Å². The summed E-state index contributed by atoms with van der Waals surface area (Å²) in [5.74, 6) is 0.689. The number of benzene rings is 1. The van der Waals surface area contributed by atoms with Crippen LogP contribution in [0.2, 0.25) is 0 Å². The van der Waals surface area contributed by atoms with E-state index in [1.54, 1.807) is 31.4 Å². The second-order valence-electron chi connectivity index (χ2n) is 3.34. The summed E-state index contributed by atoms with van der Waals surface area (Å²) in [6, 6.07) is 6.88. The molecule has 0 bridgehead atoms.